The normalized spacial score (nSPS) is 24.7. The maximum absolute atomic E-state index is 12.1. The van der Waals surface area contributed by atoms with Crippen molar-refractivity contribution in [1.29, 1.82) is 0 Å². The van der Waals surface area contributed by atoms with Crippen molar-refractivity contribution in [2.75, 3.05) is 0 Å². The van der Waals surface area contributed by atoms with E-state index in [1.165, 1.54) is 12.1 Å². The standard InChI is InChI=1S/C14H13Br2NO4S/c1-8-9(2)14(18)12(16)11(15)13(8)17-21-22(19,20)10-6-4-3-5-7-10/h3-7,11-12H,1-2H3/b17-13-. The van der Waals surface area contributed by atoms with Crippen molar-refractivity contribution in [3.63, 3.8) is 0 Å². The van der Waals surface area contributed by atoms with E-state index >= 15 is 0 Å². The molecule has 0 fully saturated rings. The van der Waals surface area contributed by atoms with Gasteiger partial charge in [-0.05, 0) is 37.1 Å². The molecule has 0 aromatic heterocycles. The molecule has 0 saturated heterocycles. The number of oxime groups is 1. The summed E-state index contributed by atoms with van der Waals surface area (Å²) < 4.78 is 28.9. The second-order valence-electron chi connectivity index (χ2n) is 4.74. The molecule has 0 saturated carbocycles. The minimum Gasteiger partial charge on any atom is -0.293 e. The minimum absolute atomic E-state index is 0.0195. The highest BCUT2D eigenvalue weighted by Gasteiger charge is 2.36. The average molecular weight is 451 g/mol. The molecule has 0 spiro atoms. The molecule has 5 nitrogen and oxygen atoms in total. The first-order valence-electron chi connectivity index (χ1n) is 6.32. The van der Waals surface area contributed by atoms with Crippen LogP contribution in [-0.4, -0.2) is 29.6 Å². The van der Waals surface area contributed by atoms with Crippen LogP contribution in [0.1, 0.15) is 13.8 Å². The molecule has 0 heterocycles. The first kappa shape index (κ1) is 17.4. The van der Waals surface area contributed by atoms with E-state index in [1.54, 1.807) is 32.0 Å². The summed E-state index contributed by atoms with van der Waals surface area (Å²) >= 11 is 6.62. The fourth-order valence-electron chi connectivity index (χ4n) is 1.90. The van der Waals surface area contributed by atoms with Crippen LogP contribution in [0.25, 0.3) is 0 Å². The molecule has 22 heavy (non-hydrogen) atoms. The van der Waals surface area contributed by atoms with Crippen LogP contribution in [0.5, 0.6) is 0 Å². The Morgan fingerprint density at radius 2 is 1.64 bits per heavy atom. The third-order valence-electron chi connectivity index (χ3n) is 3.35. The Bertz CT molecular complexity index is 756. The van der Waals surface area contributed by atoms with E-state index in [0.717, 1.165) is 0 Å². The predicted octanol–water partition coefficient (Wildman–Crippen LogP) is 3.19. The fourth-order valence-corrected chi connectivity index (χ4v) is 3.92. The predicted molar refractivity (Wildman–Crippen MR) is 91.0 cm³/mol. The van der Waals surface area contributed by atoms with Gasteiger partial charge in [0.15, 0.2) is 5.78 Å². The number of rotatable bonds is 3. The topological polar surface area (TPSA) is 72.8 Å². The van der Waals surface area contributed by atoms with Gasteiger partial charge in [0.1, 0.15) is 4.90 Å². The third-order valence-corrected chi connectivity index (χ3v) is 7.09. The molecule has 2 rings (SSSR count). The molecule has 2 unspecified atom stereocenters. The monoisotopic (exact) mass is 449 g/mol. The van der Waals surface area contributed by atoms with E-state index in [-0.39, 0.29) is 10.7 Å². The fraction of sp³-hybridized carbons (Fsp3) is 0.286. The largest absolute Gasteiger partial charge is 0.358 e. The summed E-state index contributed by atoms with van der Waals surface area (Å²) in [5, 5.41) is 3.77. The summed E-state index contributed by atoms with van der Waals surface area (Å²) in [6.45, 7) is 3.38. The van der Waals surface area contributed by atoms with E-state index in [1.807, 2.05) is 0 Å². The van der Waals surface area contributed by atoms with Crippen molar-refractivity contribution in [2.45, 2.75) is 28.4 Å². The Morgan fingerprint density at radius 3 is 2.23 bits per heavy atom. The van der Waals surface area contributed by atoms with Crippen LogP contribution in [0.15, 0.2) is 51.5 Å². The molecular formula is C14H13Br2NO4S. The maximum Gasteiger partial charge on any atom is 0.358 e. The van der Waals surface area contributed by atoms with Crippen molar-refractivity contribution in [3.05, 3.63) is 41.5 Å². The van der Waals surface area contributed by atoms with Crippen LogP contribution < -0.4 is 0 Å². The Balaban J connectivity index is 2.36. The third kappa shape index (κ3) is 3.33. The van der Waals surface area contributed by atoms with Gasteiger partial charge in [0.2, 0.25) is 0 Å². The van der Waals surface area contributed by atoms with Crippen LogP contribution in [-0.2, 0) is 19.2 Å². The lowest BCUT2D eigenvalue weighted by Gasteiger charge is -2.25. The van der Waals surface area contributed by atoms with Crippen LogP contribution in [0.2, 0.25) is 0 Å². The van der Waals surface area contributed by atoms with E-state index < -0.39 is 19.8 Å². The summed E-state index contributed by atoms with van der Waals surface area (Å²) in [5.74, 6) is -0.0655. The zero-order valence-corrected chi connectivity index (χ0v) is 15.8. The van der Waals surface area contributed by atoms with Crippen LogP contribution in [0, 0.1) is 0 Å². The molecule has 1 aliphatic carbocycles. The Hall–Kier alpha value is -0.990. The number of nitrogens with zero attached hydrogens (tertiary/aromatic N) is 1. The summed E-state index contributed by atoms with van der Waals surface area (Å²) in [5.41, 5.74) is 1.50. The number of halogens is 2. The number of hydrogen-bond donors (Lipinski definition) is 0. The van der Waals surface area contributed by atoms with Crippen molar-refractivity contribution < 1.29 is 17.5 Å². The van der Waals surface area contributed by atoms with Gasteiger partial charge < -0.3 is 0 Å². The molecule has 8 heteroatoms. The van der Waals surface area contributed by atoms with Gasteiger partial charge in [-0.15, -0.1) is 0 Å². The van der Waals surface area contributed by atoms with Gasteiger partial charge in [-0.25, -0.2) is 0 Å². The van der Waals surface area contributed by atoms with Gasteiger partial charge in [0, 0.05) is 0 Å². The summed E-state index contributed by atoms with van der Waals surface area (Å²) in [6.07, 6.45) is 0. The first-order valence-corrected chi connectivity index (χ1v) is 9.56. The molecule has 0 radical (unpaired) electrons. The van der Waals surface area contributed by atoms with Gasteiger partial charge in [-0.1, -0.05) is 55.2 Å². The van der Waals surface area contributed by atoms with Gasteiger partial charge in [0.25, 0.3) is 0 Å². The van der Waals surface area contributed by atoms with Crippen molar-refractivity contribution in [3.8, 4) is 0 Å². The second-order valence-corrected chi connectivity index (χ2v) is 8.24. The van der Waals surface area contributed by atoms with E-state index in [2.05, 4.69) is 37.0 Å². The zero-order valence-electron chi connectivity index (χ0n) is 11.8. The number of Topliss-reactive ketones (excluding diaryl/α,β-unsaturated/α-hetero) is 1. The molecule has 0 bridgehead atoms. The number of allylic oxidation sites excluding steroid dienone is 2. The van der Waals surface area contributed by atoms with Gasteiger partial charge >= 0.3 is 10.1 Å². The molecule has 1 aromatic carbocycles. The highest BCUT2D eigenvalue weighted by Crippen LogP contribution is 2.30. The Labute approximate surface area is 145 Å². The maximum atomic E-state index is 12.1. The molecule has 0 N–H and O–H groups in total. The second kappa shape index (κ2) is 6.64. The van der Waals surface area contributed by atoms with Gasteiger partial charge in [0.05, 0.1) is 15.4 Å². The lowest BCUT2D eigenvalue weighted by molar-refractivity contribution is -0.114. The smallest absolute Gasteiger partial charge is 0.293 e. The first-order chi connectivity index (χ1) is 10.3. The highest BCUT2D eigenvalue weighted by atomic mass is 79.9. The number of carbonyl (C=O) groups is 1. The number of benzene rings is 1. The summed E-state index contributed by atoms with van der Waals surface area (Å²) in [7, 11) is -3.99. The number of hydrogen-bond acceptors (Lipinski definition) is 5. The molecule has 0 amide bonds. The molecule has 0 aliphatic heterocycles. The lowest BCUT2D eigenvalue weighted by atomic mass is 9.91. The molecule has 1 aromatic rings. The lowest BCUT2D eigenvalue weighted by Crippen LogP contribution is -2.38. The number of ketones is 1. The van der Waals surface area contributed by atoms with E-state index in [9.17, 15) is 13.2 Å². The number of alkyl halides is 2. The van der Waals surface area contributed by atoms with Crippen LogP contribution in [0.3, 0.4) is 0 Å². The molecular weight excluding hydrogens is 438 g/mol. The Kier molecular flexibility index (Phi) is 5.24. The Morgan fingerprint density at radius 1 is 1.05 bits per heavy atom. The van der Waals surface area contributed by atoms with E-state index in [4.69, 9.17) is 4.28 Å². The SMILES string of the molecule is CC1=C(C)/C(=N/OS(=O)(=O)c2ccccc2)C(Br)C(Br)C1=O. The van der Waals surface area contributed by atoms with Gasteiger partial charge in [-0.2, -0.15) is 8.42 Å². The van der Waals surface area contributed by atoms with E-state index in [0.29, 0.717) is 16.9 Å². The molecule has 2 atom stereocenters. The molecule has 1 aliphatic rings. The van der Waals surface area contributed by atoms with Crippen LogP contribution in [0.4, 0.5) is 0 Å². The minimum atomic E-state index is -3.99. The van der Waals surface area contributed by atoms with Crippen molar-refractivity contribution >= 4 is 53.5 Å². The highest BCUT2D eigenvalue weighted by molar-refractivity contribution is 9.12. The zero-order chi connectivity index (χ0) is 16.5. The van der Waals surface area contributed by atoms with Crippen molar-refractivity contribution in [2.24, 2.45) is 5.16 Å². The van der Waals surface area contributed by atoms with Gasteiger partial charge in [-0.3, -0.25) is 9.08 Å². The number of carbonyl (C=O) groups excluding carboxylic acids is 1. The van der Waals surface area contributed by atoms with Crippen LogP contribution >= 0.6 is 31.9 Å². The summed E-state index contributed by atoms with van der Waals surface area (Å²) in [6, 6.07) is 7.75. The average Bonchev–Trinajstić information content (AvgIpc) is 2.52. The van der Waals surface area contributed by atoms with Crippen molar-refractivity contribution in [1.82, 2.24) is 0 Å². The summed E-state index contributed by atoms with van der Waals surface area (Å²) in [4.78, 5) is 11.0. The quantitative estimate of drug-likeness (QED) is 0.523. The molecule has 118 valence electrons.